The number of carbonyl (C=O) groups is 1. The number of hydrogen-bond acceptors (Lipinski definition) is 5. The fraction of sp³-hybridized carbons (Fsp3) is 0.300. The standard InChI is InChI=1S/C20H19ClFN3O5S/c21-14-4-3-5-15(19(14)22)23-18(26)8-11-25-16-7-6-13(12-17(16)30-20(25)27)31(28,29)24-9-1-2-10-24/h3-7,12H,1-2,8-11H2,(H,23,26). The Labute approximate surface area is 182 Å². The van der Waals surface area contributed by atoms with Crippen LogP contribution in [0.5, 0.6) is 0 Å². The molecule has 11 heteroatoms. The monoisotopic (exact) mass is 467 g/mol. The molecule has 0 spiro atoms. The van der Waals surface area contributed by atoms with Gasteiger partial charge < -0.3 is 9.73 Å². The second-order valence-corrected chi connectivity index (χ2v) is 9.51. The first kappa shape index (κ1) is 21.5. The molecule has 1 aliphatic heterocycles. The van der Waals surface area contributed by atoms with Crippen molar-refractivity contribution in [1.29, 1.82) is 0 Å². The lowest BCUT2D eigenvalue weighted by Crippen LogP contribution is -2.27. The van der Waals surface area contributed by atoms with E-state index in [2.05, 4.69) is 5.32 Å². The van der Waals surface area contributed by atoms with Gasteiger partial charge in [-0.3, -0.25) is 9.36 Å². The lowest BCUT2D eigenvalue weighted by atomic mass is 10.3. The predicted octanol–water partition coefficient (Wildman–Crippen LogP) is 3.20. The molecule has 2 heterocycles. The molecule has 1 fully saturated rings. The molecule has 4 rings (SSSR count). The van der Waals surface area contributed by atoms with E-state index >= 15 is 0 Å². The molecule has 1 saturated heterocycles. The van der Waals surface area contributed by atoms with Crippen LogP contribution in [0.3, 0.4) is 0 Å². The third kappa shape index (κ3) is 4.23. The van der Waals surface area contributed by atoms with E-state index in [1.54, 1.807) is 0 Å². The van der Waals surface area contributed by atoms with Gasteiger partial charge in [0, 0.05) is 32.1 Å². The molecule has 0 unspecified atom stereocenters. The van der Waals surface area contributed by atoms with Crippen LogP contribution in [-0.2, 0) is 21.4 Å². The average molecular weight is 468 g/mol. The third-order valence-corrected chi connectivity index (χ3v) is 7.32. The Morgan fingerprint density at radius 3 is 2.68 bits per heavy atom. The maximum absolute atomic E-state index is 13.9. The van der Waals surface area contributed by atoms with Gasteiger partial charge >= 0.3 is 5.76 Å². The Hall–Kier alpha value is -2.69. The lowest BCUT2D eigenvalue weighted by Gasteiger charge is -2.15. The summed E-state index contributed by atoms with van der Waals surface area (Å²) in [6, 6.07) is 8.47. The van der Waals surface area contributed by atoms with Gasteiger partial charge in [-0.15, -0.1) is 0 Å². The number of carbonyl (C=O) groups excluding carboxylic acids is 1. The Bertz CT molecular complexity index is 1310. The first-order valence-corrected chi connectivity index (χ1v) is 11.5. The molecule has 2 aromatic carbocycles. The Morgan fingerprint density at radius 2 is 1.94 bits per heavy atom. The molecule has 8 nitrogen and oxygen atoms in total. The van der Waals surface area contributed by atoms with Gasteiger partial charge in [-0.2, -0.15) is 4.31 Å². The molecule has 0 atom stereocenters. The molecule has 0 radical (unpaired) electrons. The summed E-state index contributed by atoms with van der Waals surface area (Å²) in [4.78, 5) is 24.5. The molecule has 0 aliphatic carbocycles. The minimum absolute atomic E-state index is 0.0297. The van der Waals surface area contributed by atoms with Gasteiger partial charge in [0.1, 0.15) is 0 Å². The van der Waals surface area contributed by atoms with E-state index in [1.807, 2.05) is 0 Å². The second kappa shape index (κ2) is 8.45. The van der Waals surface area contributed by atoms with Gasteiger partial charge in [-0.25, -0.2) is 17.6 Å². The molecule has 31 heavy (non-hydrogen) atoms. The van der Waals surface area contributed by atoms with Crippen LogP contribution in [0.4, 0.5) is 10.1 Å². The van der Waals surface area contributed by atoms with Gasteiger partial charge in [0.2, 0.25) is 15.9 Å². The van der Waals surface area contributed by atoms with Crippen molar-refractivity contribution >= 4 is 44.3 Å². The van der Waals surface area contributed by atoms with Crippen LogP contribution in [0.1, 0.15) is 19.3 Å². The summed E-state index contributed by atoms with van der Waals surface area (Å²) in [6.07, 6.45) is 1.50. The van der Waals surface area contributed by atoms with Crippen molar-refractivity contribution < 1.29 is 22.0 Å². The highest BCUT2D eigenvalue weighted by Gasteiger charge is 2.28. The Kier molecular flexibility index (Phi) is 5.87. The van der Waals surface area contributed by atoms with Crippen molar-refractivity contribution in [3.8, 4) is 0 Å². The van der Waals surface area contributed by atoms with E-state index in [9.17, 15) is 22.4 Å². The highest BCUT2D eigenvalue weighted by atomic mass is 35.5. The van der Waals surface area contributed by atoms with Crippen LogP contribution in [-0.4, -0.2) is 36.3 Å². The molecule has 0 bridgehead atoms. The van der Waals surface area contributed by atoms with E-state index in [-0.39, 0.29) is 34.2 Å². The first-order valence-electron chi connectivity index (χ1n) is 9.65. The Morgan fingerprint density at radius 1 is 1.19 bits per heavy atom. The van der Waals surface area contributed by atoms with Gasteiger partial charge in [0.25, 0.3) is 0 Å². The number of hydrogen-bond donors (Lipinski definition) is 1. The molecule has 1 N–H and O–H groups in total. The van der Waals surface area contributed by atoms with Crippen molar-refractivity contribution in [3.05, 3.63) is 57.8 Å². The summed E-state index contributed by atoms with van der Waals surface area (Å²) in [6.45, 7) is 0.902. The average Bonchev–Trinajstić information content (AvgIpc) is 3.37. The van der Waals surface area contributed by atoms with Gasteiger partial charge in [0.05, 0.1) is 21.1 Å². The minimum Gasteiger partial charge on any atom is -0.408 e. The highest BCUT2D eigenvalue weighted by Crippen LogP contribution is 2.25. The summed E-state index contributed by atoms with van der Waals surface area (Å²) in [5.74, 6) is -1.97. The van der Waals surface area contributed by atoms with E-state index in [0.717, 1.165) is 12.8 Å². The van der Waals surface area contributed by atoms with Crippen LogP contribution in [0, 0.1) is 5.82 Å². The number of sulfonamides is 1. The van der Waals surface area contributed by atoms with Crippen LogP contribution in [0.2, 0.25) is 5.02 Å². The summed E-state index contributed by atoms with van der Waals surface area (Å²) in [5.41, 5.74) is 0.428. The maximum atomic E-state index is 13.9. The van der Waals surface area contributed by atoms with E-state index < -0.39 is 27.5 Å². The number of halogens is 2. The lowest BCUT2D eigenvalue weighted by molar-refractivity contribution is -0.116. The molecule has 3 aromatic rings. The summed E-state index contributed by atoms with van der Waals surface area (Å²) >= 11 is 5.70. The fourth-order valence-electron chi connectivity index (χ4n) is 3.52. The number of aromatic nitrogens is 1. The van der Waals surface area contributed by atoms with E-state index in [4.69, 9.17) is 16.0 Å². The zero-order chi connectivity index (χ0) is 22.2. The smallest absolute Gasteiger partial charge is 0.408 e. The number of rotatable bonds is 6. The molecule has 164 valence electrons. The van der Waals surface area contributed by atoms with Gasteiger partial charge in [-0.1, -0.05) is 17.7 Å². The minimum atomic E-state index is -3.65. The van der Waals surface area contributed by atoms with Crippen LogP contribution < -0.4 is 11.1 Å². The van der Waals surface area contributed by atoms with E-state index in [1.165, 1.54) is 45.3 Å². The summed E-state index contributed by atoms with van der Waals surface area (Å²) < 4.78 is 47.2. The number of amides is 1. The highest BCUT2D eigenvalue weighted by molar-refractivity contribution is 7.89. The zero-order valence-corrected chi connectivity index (χ0v) is 17.9. The molecular weight excluding hydrogens is 449 g/mol. The maximum Gasteiger partial charge on any atom is 0.419 e. The van der Waals surface area contributed by atoms with Gasteiger partial charge in [0.15, 0.2) is 11.4 Å². The van der Waals surface area contributed by atoms with Crippen molar-refractivity contribution in [1.82, 2.24) is 8.87 Å². The topological polar surface area (TPSA) is 102 Å². The van der Waals surface area contributed by atoms with Crippen molar-refractivity contribution in [2.75, 3.05) is 18.4 Å². The van der Waals surface area contributed by atoms with Crippen molar-refractivity contribution in [2.24, 2.45) is 0 Å². The number of nitrogens with zero attached hydrogens (tertiary/aromatic N) is 2. The molecule has 1 amide bonds. The number of nitrogens with one attached hydrogen (secondary N) is 1. The Balaban J connectivity index is 1.52. The molecule has 1 aliphatic rings. The van der Waals surface area contributed by atoms with Crippen LogP contribution >= 0.6 is 11.6 Å². The first-order chi connectivity index (χ1) is 14.8. The van der Waals surface area contributed by atoms with Crippen LogP contribution in [0.15, 0.2) is 50.5 Å². The number of benzene rings is 2. The third-order valence-electron chi connectivity index (χ3n) is 5.13. The second-order valence-electron chi connectivity index (χ2n) is 7.16. The summed E-state index contributed by atoms with van der Waals surface area (Å²) in [7, 11) is -3.65. The number of aryl methyl sites for hydroxylation is 1. The van der Waals surface area contributed by atoms with Gasteiger partial charge in [-0.05, 0) is 37.1 Å². The van der Waals surface area contributed by atoms with Crippen LogP contribution in [0.25, 0.3) is 11.1 Å². The zero-order valence-electron chi connectivity index (χ0n) is 16.3. The van der Waals surface area contributed by atoms with Crippen molar-refractivity contribution in [3.63, 3.8) is 0 Å². The molecule has 0 saturated carbocycles. The molecule has 1 aromatic heterocycles. The largest absolute Gasteiger partial charge is 0.419 e. The SMILES string of the molecule is O=C(CCn1c(=O)oc2cc(S(=O)(=O)N3CCCC3)ccc21)Nc1cccc(Cl)c1F. The van der Waals surface area contributed by atoms with Crippen molar-refractivity contribution in [2.45, 2.75) is 30.7 Å². The fourth-order valence-corrected chi connectivity index (χ4v) is 5.23. The molecular formula is C20H19ClFN3O5S. The number of oxazole rings is 1. The normalized spacial score (nSPS) is 14.9. The quantitative estimate of drug-likeness (QED) is 0.599. The predicted molar refractivity (Wildman–Crippen MR) is 113 cm³/mol. The van der Waals surface area contributed by atoms with E-state index in [0.29, 0.717) is 18.6 Å². The summed E-state index contributed by atoms with van der Waals surface area (Å²) in [5, 5.41) is 2.30. The number of fused-ring (bicyclic) bond motifs is 1. The number of anilines is 1.